The van der Waals surface area contributed by atoms with E-state index in [0.29, 0.717) is 4.91 Å². The summed E-state index contributed by atoms with van der Waals surface area (Å²) in [5.74, 6) is -0.765. The molecule has 2 heterocycles. The van der Waals surface area contributed by atoms with E-state index < -0.39 is 17.7 Å². The van der Waals surface area contributed by atoms with Gasteiger partial charge in [0, 0.05) is 4.91 Å². The molecule has 1 saturated heterocycles. The smallest absolute Gasteiger partial charge is 0.449 e. The molecule has 1 unspecified atom stereocenters. The zero-order valence-electron chi connectivity index (χ0n) is 9.63. The summed E-state index contributed by atoms with van der Waals surface area (Å²) in [6.07, 6.45) is -1.44. The molecule has 1 fully saturated rings. The average Bonchev–Trinajstić information content (AvgIpc) is 2.36. The molecular formula is C10H13NO5S. The number of amides is 1. The van der Waals surface area contributed by atoms with Gasteiger partial charge in [0.25, 0.3) is 0 Å². The lowest BCUT2D eigenvalue weighted by atomic mass is 9.83. The highest BCUT2D eigenvalue weighted by Gasteiger charge is 2.60. The number of rotatable bonds is 2. The summed E-state index contributed by atoms with van der Waals surface area (Å²) < 4.78 is 4.59. The number of hydrogen-bond donors (Lipinski definition) is 2. The van der Waals surface area contributed by atoms with Crippen LogP contribution in [0.1, 0.15) is 20.8 Å². The van der Waals surface area contributed by atoms with Crippen molar-refractivity contribution in [2.45, 2.75) is 31.7 Å². The summed E-state index contributed by atoms with van der Waals surface area (Å²) in [7, 11) is 0. The molecule has 2 atom stereocenters. The maximum atomic E-state index is 11.9. The molecule has 0 bridgehead atoms. The Kier molecular flexibility index (Phi) is 2.62. The van der Waals surface area contributed by atoms with Crippen molar-refractivity contribution in [3.05, 3.63) is 10.8 Å². The molecule has 2 aliphatic heterocycles. The van der Waals surface area contributed by atoms with E-state index >= 15 is 0 Å². The van der Waals surface area contributed by atoms with Crippen LogP contribution in [0.4, 0.5) is 4.79 Å². The number of ether oxygens (including phenoxy) is 1. The van der Waals surface area contributed by atoms with Crippen LogP contribution in [0.3, 0.4) is 0 Å². The van der Waals surface area contributed by atoms with Gasteiger partial charge in [-0.2, -0.15) is 0 Å². The molecule has 6 nitrogen and oxygen atoms in total. The zero-order valence-corrected chi connectivity index (χ0v) is 10.4. The summed E-state index contributed by atoms with van der Waals surface area (Å²) in [5.41, 5.74) is -1.12. The van der Waals surface area contributed by atoms with Gasteiger partial charge in [0.2, 0.25) is 11.8 Å². The lowest BCUT2D eigenvalue weighted by Crippen LogP contribution is -2.63. The van der Waals surface area contributed by atoms with Gasteiger partial charge >= 0.3 is 6.16 Å². The van der Waals surface area contributed by atoms with Gasteiger partial charge in [0.05, 0.1) is 11.5 Å². The molecule has 2 N–H and O–H groups in total. The second kappa shape index (κ2) is 3.64. The van der Waals surface area contributed by atoms with E-state index in [-0.39, 0.29) is 17.2 Å². The van der Waals surface area contributed by atoms with E-state index in [2.05, 4.69) is 4.74 Å². The minimum atomic E-state index is -1.44. The second-order valence-corrected chi connectivity index (χ2v) is 5.91. The Morgan fingerprint density at radius 2 is 2.12 bits per heavy atom. The predicted molar refractivity (Wildman–Crippen MR) is 59.8 cm³/mol. The van der Waals surface area contributed by atoms with Gasteiger partial charge in [-0.15, -0.1) is 0 Å². The first-order valence-electron chi connectivity index (χ1n) is 5.07. The summed E-state index contributed by atoms with van der Waals surface area (Å²) >= 11 is 1.34. The maximum absolute atomic E-state index is 11.9. The van der Waals surface area contributed by atoms with Crippen LogP contribution in [0.5, 0.6) is 0 Å². The molecule has 1 amide bonds. The van der Waals surface area contributed by atoms with Gasteiger partial charge in [0.1, 0.15) is 5.37 Å². The van der Waals surface area contributed by atoms with Crippen LogP contribution in [0.25, 0.3) is 0 Å². The summed E-state index contributed by atoms with van der Waals surface area (Å²) in [4.78, 5) is 24.3. The van der Waals surface area contributed by atoms with Gasteiger partial charge in [-0.25, -0.2) is 4.79 Å². The normalized spacial score (nSPS) is 28.0. The van der Waals surface area contributed by atoms with Crippen molar-refractivity contribution in [2.24, 2.45) is 5.92 Å². The third kappa shape index (κ3) is 1.79. The summed E-state index contributed by atoms with van der Waals surface area (Å²) in [5, 5.41) is 18.2. The zero-order chi connectivity index (χ0) is 13.0. The third-order valence-electron chi connectivity index (χ3n) is 2.81. The maximum Gasteiger partial charge on any atom is 0.512 e. The molecule has 0 aromatic rings. The Hall–Kier alpha value is -1.21. The third-order valence-corrected chi connectivity index (χ3v) is 4.06. The number of fused-ring (bicyclic) bond motifs is 1. The number of carboxylic acid groups (broad SMARTS) is 1. The van der Waals surface area contributed by atoms with E-state index in [1.165, 1.54) is 16.7 Å². The SMILES string of the molecule is CC1=C(OC(=O)O)N2C(=O)C(C(C)(C)O)[C@@H]2S1. The van der Waals surface area contributed by atoms with E-state index in [1.807, 2.05) is 0 Å². The molecule has 0 aromatic carbocycles. The lowest BCUT2D eigenvalue weighted by Gasteiger charge is -2.47. The standard InChI is InChI=1S/C10H13NO5S/c1-4-7(16-9(13)14)11-6(12)5(8(11)17-4)10(2,3)15/h5,8,15H,1-3H3,(H,13,14)/t5?,8-/m0/s1. The molecule has 0 aliphatic carbocycles. The number of carbonyl (C=O) groups is 2. The second-order valence-electron chi connectivity index (χ2n) is 4.58. The highest BCUT2D eigenvalue weighted by atomic mass is 32.2. The van der Waals surface area contributed by atoms with Crippen LogP contribution in [0.15, 0.2) is 10.8 Å². The number of β-lactam (4-membered cyclic amide) rings is 1. The number of hydrogen-bond acceptors (Lipinski definition) is 5. The lowest BCUT2D eigenvalue weighted by molar-refractivity contribution is -0.163. The number of thioether (sulfide) groups is 1. The molecule has 2 rings (SSSR count). The Labute approximate surface area is 102 Å². The van der Waals surface area contributed by atoms with Crippen molar-refractivity contribution in [3.63, 3.8) is 0 Å². The summed E-state index contributed by atoms with van der Waals surface area (Å²) in [6.45, 7) is 4.83. The highest BCUT2D eigenvalue weighted by Crippen LogP contribution is 2.52. The van der Waals surface area contributed by atoms with Gasteiger partial charge in [-0.05, 0) is 20.8 Å². The van der Waals surface area contributed by atoms with Crippen LogP contribution in [0, 0.1) is 5.92 Å². The van der Waals surface area contributed by atoms with E-state index in [9.17, 15) is 14.7 Å². The Bertz CT molecular complexity index is 425. The van der Waals surface area contributed by atoms with Crippen molar-refractivity contribution in [1.82, 2.24) is 4.90 Å². The molecule has 0 spiro atoms. The highest BCUT2D eigenvalue weighted by molar-refractivity contribution is 8.04. The summed E-state index contributed by atoms with van der Waals surface area (Å²) in [6, 6.07) is 0. The fourth-order valence-corrected chi connectivity index (χ4v) is 3.55. The Balaban J connectivity index is 2.21. The number of allylic oxidation sites excluding steroid dienone is 1. The fraction of sp³-hybridized carbons (Fsp3) is 0.600. The minimum absolute atomic E-state index is 0.0676. The van der Waals surface area contributed by atoms with Gasteiger partial charge in [0.15, 0.2) is 0 Å². The predicted octanol–water partition coefficient (Wildman–Crippen LogP) is 1.17. The Morgan fingerprint density at radius 3 is 2.59 bits per heavy atom. The molecule has 94 valence electrons. The number of carbonyl (C=O) groups excluding carboxylic acids is 1. The van der Waals surface area contributed by atoms with Crippen LogP contribution >= 0.6 is 11.8 Å². The molecule has 2 aliphatic rings. The van der Waals surface area contributed by atoms with E-state index in [4.69, 9.17) is 5.11 Å². The van der Waals surface area contributed by atoms with Crippen molar-refractivity contribution in [1.29, 1.82) is 0 Å². The monoisotopic (exact) mass is 259 g/mol. The first-order chi connectivity index (χ1) is 7.73. The average molecular weight is 259 g/mol. The largest absolute Gasteiger partial charge is 0.512 e. The quantitative estimate of drug-likeness (QED) is 0.572. The van der Waals surface area contributed by atoms with Crippen molar-refractivity contribution in [2.75, 3.05) is 0 Å². The molecule has 0 radical (unpaired) electrons. The number of nitrogens with zero attached hydrogens (tertiary/aromatic N) is 1. The molecule has 0 aromatic heterocycles. The van der Waals surface area contributed by atoms with Crippen LogP contribution < -0.4 is 0 Å². The molecule has 17 heavy (non-hydrogen) atoms. The van der Waals surface area contributed by atoms with Crippen molar-refractivity contribution < 1.29 is 24.5 Å². The number of aliphatic hydroxyl groups is 1. The molecule has 7 heteroatoms. The van der Waals surface area contributed by atoms with Gasteiger partial charge in [-0.1, -0.05) is 11.8 Å². The fourth-order valence-electron chi connectivity index (χ4n) is 2.06. The first kappa shape index (κ1) is 12.3. The van der Waals surface area contributed by atoms with E-state index in [0.717, 1.165) is 0 Å². The minimum Gasteiger partial charge on any atom is -0.449 e. The molecular weight excluding hydrogens is 246 g/mol. The Morgan fingerprint density at radius 1 is 1.53 bits per heavy atom. The van der Waals surface area contributed by atoms with Crippen LogP contribution in [0.2, 0.25) is 0 Å². The van der Waals surface area contributed by atoms with Gasteiger partial charge < -0.3 is 14.9 Å². The first-order valence-corrected chi connectivity index (χ1v) is 5.95. The molecule has 0 saturated carbocycles. The van der Waals surface area contributed by atoms with Crippen LogP contribution in [-0.4, -0.2) is 38.2 Å². The van der Waals surface area contributed by atoms with Gasteiger partial charge in [-0.3, -0.25) is 9.69 Å². The topological polar surface area (TPSA) is 87.1 Å². The van der Waals surface area contributed by atoms with E-state index in [1.54, 1.807) is 20.8 Å². The van der Waals surface area contributed by atoms with Crippen LogP contribution in [-0.2, 0) is 9.53 Å². The van der Waals surface area contributed by atoms with Crippen molar-refractivity contribution >= 4 is 23.8 Å². The van der Waals surface area contributed by atoms with Crippen molar-refractivity contribution in [3.8, 4) is 0 Å².